The lowest BCUT2D eigenvalue weighted by Crippen LogP contribution is -2.40. The molecular formula is C20H17FN2O6S2. The smallest absolute Gasteiger partial charge is 0.258 e. The Labute approximate surface area is 178 Å². The maximum Gasteiger partial charge on any atom is 0.269 e. The topological polar surface area (TPSA) is 115 Å². The van der Waals surface area contributed by atoms with Crippen LogP contribution in [-0.4, -0.2) is 32.1 Å². The first kappa shape index (κ1) is 22.5. The average Bonchev–Trinajstić information content (AvgIpc) is 2.78. The number of non-ortho nitro benzene ring substituents is 1. The van der Waals surface area contributed by atoms with Crippen LogP contribution in [0.5, 0.6) is 0 Å². The van der Waals surface area contributed by atoms with Crippen molar-refractivity contribution in [3.63, 3.8) is 0 Å². The van der Waals surface area contributed by atoms with Crippen molar-refractivity contribution in [1.29, 1.82) is 0 Å². The van der Waals surface area contributed by atoms with Crippen molar-refractivity contribution >= 4 is 25.7 Å². The summed E-state index contributed by atoms with van der Waals surface area (Å²) in [6.45, 7) is -1.38. The van der Waals surface area contributed by atoms with Gasteiger partial charge in [0.05, 0.1) is 20.8 Å². The number of halogens is 1. The van der Waals surface area contributed by atoms with E-state index in [0.717, 1.165) is 24.3 Å². The van der Waals surface area contributed by atoms with Gasteiger partial charge in [0.1, 0.15) is 6.67 Å². The van der Waals surface area contributed by atoms with Crippen LogP contribution in [0, 0.1) is 10.1 Å². The van der Waals surface area contributed by atoms with Crippen molar-refractivity contribution in [3.8, 4) is 0 Å². The average molecular weight is 464 g/mol. The zero-order valence-corrected chi connectivity index (χ0v) is 17.5. The molecule has 162 valence electrons. The van der Waals surface area contributed by atoms with E-state index in [1.54, 1.807) is 12.1 Å². The van der Waals surface area contributed by atoms with Gasteiger partial charge < -0.3 is 0 Å². The number of sulfonamides is 2. The Kier molecular flexibility index (Phi) is 6.48. The molecule has 0 N–H and O–H groups in total. The molecule has 0 fully saturated rings. The molecule has 0 saturated carbocycles. The second-order valence-electron chi connectivity index (χ2n) is 6.38. The highest BCUT2D eigenvalue weighted by atomic mass is 32.3. The summed E-state index contributed by atoms with van der Waals surface area (Å²) in [6.07, 6.45) is 0. The van der Waals surface area contributed by atoms with Gasteiger partial charge in [0, 0.05) is 12.1 Å². The van der Waals surface area contributed by atoms with Gasteiger partial charge in [0.2, 0.25) is 0 Å². The standard InChI is InChI=1S/C20H17FN2O6S2/c21-15-20(16-11-13-17(14-12-16)22(24)25)23(30(26,27)18-7-3-1-4-8-18)31(28,29)19-9-5-2-6-10-19/h1-14,20H,15H2. The minimum Gasteiger partial charge on any atom is -0.258 e. The zero-order valence-electron chi connectivity index (χ0n) is 15.9. The summed E-state index contributed by atoms with van der Waals surface area (Å²) < 4.78 is 67.9. The first-order valence-electron chi connectivity index (χ1n) is 8.89. The van der Waals surface area contributed by atoms with Gasteiger partial charge in [-0.3, -0.25) is 10.1 Å². The molecule has 1 unspecified atom stereocenters. The molecule has 0 aliphatic heterocycles. The molecule has 11 heteroatoms. The molecule has 8 nitrogen and oxygen atoms in total. The molecule has 3 aromatic carbocycles. The second kappa shape index (κ2) is 8.92. The normalized spacial score (nSPS) is 13.1. The van der Waals surface area contributed by atoms with Crippen LogP contribution >= 0.6 is 0 Å². The van der Waals surface area contributed by atoms with Gasteiger partial charge in [-0.25, -0.2) is 21.2 Å². The number of hydrogen-bond acceptors (Lipinski definition) is 6. The Morgan fingerprint density at radius 2 is 1.19 bits per heavy atom. The highest BCUT2D eigenvalue weighted by molar-refractivity contribution is 8.04. The van der Waals surface area contributed by atoms with Crippen molar-refractivity contribution < 1.29 is 26.1 Å². The number of rotatable bonds is 8. The fraction of sp³-hybridized carbons (Fsp3) is 0.100. The highest BCUT2D eigenvalue weighted by Gasteiger charge is 2.43. The molecular weight excluding hydrogens is 447 g/mol. The predicted octanol–water partition coefficient (Wildman–Crippen LogP) is 3.69. The van der Waals surface area contributed by atoms with Crippen LogP contribution in [0.2, 0.25) is 0 Å². The molecule has 0 saturated heterocycles. The van der Waals surface area contributed by atoms with Crippen molar-refractivity contribution in [3.05, 3.63) is 101 Å². The van der Waals surface area contributed by atoms with Gasteiger partial charge in [0.15, 0.2) is 0 Å². The van der Waals surface area contributed by atoms with Gasteiger partial charge in [-0.05, 0) is 29.8 Å². The number of benzene rings is 3. The molecule has 0 aliphatic carbocycles. The maximum atomic E-state index is 14.2. The van der Waals surface area contributed by atoms with E-state index in [0.29, 0.717) is 0 Å². The van der Waals surface area contributed by atoms with Crippen LogP contribution in [0.3, 0.4) is 0 Å². The van der Waals surface area contributed by atoms with Crippen LogP contribution in [0.4, 0.5) is 10.1 Å². The van der Waals surface area contributed by atoms with Crippen molar-refractivity contribution in [2.24, 2.45) is 0 Å². The van der Waals surface area contributed by atoms with Crippen LogP contribution in [0.25, 0.3) is 0 Å². The summed E-state index contributed by atoms with van der Waals surface area (Å²) in [5.74, 6) is 0. The lowest BCUT2D eigenvalue weighted by molar-refractivity contribution is -0.384. The van der Waals surface area contributed by atoms with E-state index in [1.165, 1.54) is 48.5 Å². The minimum absolute atomic E-state index is 0.0490. The van der Waals surface area contributed by atoms with E-state index in [4.69, 9.17) is 0 Å². The summed E-state index contributed by atoms with van der Waals surface area (Å²) in [5.41, 5.74) is -0.350. The van der Waals surface area contributed by atoms with Crippen molar-refractivity contribution in [1.82, 2.24) is 3.71 Å². The third-order valence-electron chi connectivity index (χ3n) is 4.45. The van der Waals surface area contributed by atoms with Gasteiger partial charge >= 0.3 is 0 Å². The summed E-state index contributed by atoms with van der Waals surface area (Å²) in [4.78, 5) is 9.55. The number of alkyl halides is 1. The Morgan fingerprint density at radius 1 is 0.774 bits per heavy atom. The first-order valence-corrected chi connectivity index (χ1v) is 11.8. The summed E-state index contributed by atoms with van der Waals surface area (Å²) >= 11 is 0. The molecule has 0 amide bonds. The molecule has 0 radical (unpaired) electrons. The van der Waals surface area contributed by atoms with E-state index in [-0.39, 0.29) is 24.8 Å². The van der Waals surface area contributed by atoms with E-state index in [2.05, 4.69) is 0 Å². The Balaban J connectivity index is 2.23. The van der Waals surface area contributed by atoms with E-state index in [9.17, 15) is 31.3 Å². The van der Waals surface area contributed by atoms with E-state index >= 15 is 0 Å². The lowest BCUT2D eigenvalue weighted by Gasteiger charge is -2.28. The Hall–Kier alpha value is -3.15. The predicted molar refractivity (Wildman–Crippen MR) is 111 cm³/mol. The van der Waals surface area contributed by atoms with Gasteiger partial charge in [-0.2, -0.15) is 0 Å². The Morgan fingerprint density at radius 3 is 1.55 bits per heavy atom. The molecule has 1 atom stereocenters. The minimum atomic E-state index is -4.72. The summed E-state index contributed by atoms with van der Waals surface area (Å²) in [5, 5.41) is 10.9. The van der Waals surface area contributed by atoms with Crippen molar-refractivity contribution in [2.45, 2.75) is 15.8 Å². The zero-order chi connectivity index (χ0) is 22.6. The fourth-order valence-electron chi connectivity index (χ4n) is 2.94. The van der Waals surface area contributed by atoms with Crippen molar-refractivity contribution in [2.75, 3.05) is 6.67 Å². The van der Waals surface area contributed by atoms with Crippen LogP contribution < -0.4 is 0 Å². The molecule has 0 spiro atoms. The van der Waals surface area contributed by atoms with Crippen LogP contribution in [0.15, 0.2) is 94.7 Å². The van der Waals surface area contributed by atoms with Crippen LogP contribution in [-0.2, 0) is 20.0 Å². The Bertz CT molecular complexity index is 1200. The summed E-state index contributed by atoms with van der Waals surface area (Å²) in [6, 6.07) is 16.2. The van der Waals surface area contributed by atoms with E-state index < -0.39 is 37.7 Å². The summed E-state index contributed by atoms with van der Waals surface area (Å²) in [7, 11) is -9.44. The molecule has 0 heterocycles. The molecule has 3 rings (SSSR count). The fourth-order valence-corrected chi connectivity index (χ4v) is 6.94. The van der Waals surface area contributed by atoms with Gasteiger partial charge in [-0.15, -0.1) is 0 Å². The third-order valence-corrected chi connectivity index (χ3v) is 8.82. The molecule has 0 bridgehead atoms. The largest absolute Gasteiger partial charge is 0.269 e. The number of hydrogen-bond donors (Lipinski definition) is 0. The SMILES string of the molecule is O=[N+]([O-])c1ccc(C(CF)N(S(=O)(=O)c2ccccc2)S(=O)(=O)c2ccccc2)cc1. The molecule has 0 aromatic heterocycles. The quantitative estimate of drug-likeness (QED) is 0.371. The van der Waals surface area contributed by atoms with Crippen LogP contribution in [0.1, 0.15) is 11.6 Å². The first-order chi connectivity index (χ1) is 14.7. The monoisotopic (exact) mass is 464 g/mol. The highest BCUT2D eigenvalue weighted by Crippen LogP contribution is 2.35. The number of nitro benzene ring substituents is 1. The number of nitro groups is 1. The second-order valence-corrected chi connectivity index (χ2v) is 10.2. The molecule has 0 aliphatic rings. The third kappa shape index (κ3) is 4.48. The number of nitrogens with zero attached hydrogens (tertiary/aromatic N) is 2. The van der Waals surface area contributed by atoms with Gasteiger partial charge in [0.25, 0.3) is 25.7 Å². The van der Waals surface area contributed by atoms with Gasteiger partial charge in [-0.1, -0.05) is 52.2 Å². The molecule has 31 heavy (non-hydrogen) atoms. The maximum absolute atomic E-state index is 14.2. The molecule has 3 aromatic rings. The lowest BCUT2D eigenvalue weighted by atomic mass is 10.1. The van der Waals surface area contributed by atoms with E-state index in [1.807, 2.05) is 0 Å².